The van der Waals surface area contributed by atoms with Gasteiger partial charge in [0.1, 0.15) is 17.9 Å². The Morgan fingerprint density at radius 3 is 2.25 bits per heavy atom. The summed E-state index contributed by atoms with van der Waals surface area (Å²) in [5.74, 6) is -0.771. The molecule has 160 valence electrons. The van der Waals surface area contributed by atoms with Gasteiger partial charge in [-0.1, -0.05) is 62.2 Å². The summed E-state index contributed by atoms with van der Waals surface area (Å²) in [6, 6.07) is 20.7. The second-order valence-corrected chi connectivity index (χ2v) is 8.65. The lowest BCUT2D eigenvalue weighted by atomic mass is 10.1. The number of halogens is 2. The van der Waals surface area contributed by atoms with Gasteiger partial charge in [0.25, 0.3) is 11.8 Å². The average Bonchev–Trinajstić information content (AvgIpc) is 2.78. The van der Waals surface area contributed by atoms with Crippen molar-refractivity contribution in [3.63, 3.8) is 0 Å². The summed E-state index contributed by atoms with van der Waals surface area (Å²) >= 11 is 6.81. The second kappa shape index (κ2) is 9.50. The molecule has 1 fully saturated rings. The number of anilines is 1. The number of nitrogens with one attached hydrogen (secondary N) is 1. The molecule has 1 heterocycles. The minimum absolute atomic E-state index is 0.130. The summed E-state index contributed by atoms with van der Waals surface area (Å²) in [6.07, 6.45) is 1.45. The van der Waals surface area contributed by atoms with Crippen LogP contribution in [-0.4, -0.2) is 17.8 Å². The van der Waals surface area contributed by atoms with Crippen molar-refractivity contribution in [2.75, 3.05) is 4.90 Å². The van der Waals surface area contributed by atoms with Crippen molar-refractivity contribution in [1.82, 2.24) is 5.32 Å². The van der Waals surface area contributed by atoms with Crippen LogP contribution in [0.1, 0.15) is 11.1 Å². The van der Waals surface area contributed by atoms with Crippen molar-refractivity contribution in [1.29, 1.82) is 0 Å². The number of benzene rings is 3. The van der Waals surface area contributed by atoms with E-state index >= 15 is 0 Å². The zero-order valence-corrected chi connectivity index (χ0v) is 19.7. The number of nitrogens with zero attached hydrogens (tertiary/aromatic N) is 1. The molecule has 4 rings (SSSR count). The van der Waals surface area contributed by atoms with E-state index in [4.69, 9.17) is 4.74 Å². The number of carbonyl (C=O) groups excluding carboxylic acids is 3. The van der Waals surface area contributed by atoms with Crippen LogP contribution in [0.2, 0.25) is 0 Å². The molecule has 1 aliphatic heterocycles. The van der Waals surface area contributed by atoms with E-state index in [1.807, 2.05) is 24.3 Å². The Hall–Kier alpha value is -3.23. The number of rotatable bonds is 5. The van der Waals surface area contributed by atoms with Crippen LogP contribution >= 0.6 is 31.9 Å². The summed E-state index contributed by atoms with van der Waals surface area (Å²) in [5.41, 5.74) is 1.88. The van der Waals surface area contributed by atoms with Crippen molar-refractivity contribution in [3.8, 4) is 5.75 Å². The number of barbiturate groups is 1. The van der Waals surface area contributed by atoms with Crippen molar-refractivity contribution in [2.24, 2.45) is 0 Å². The maximum atomic E-state index is 12.9. The van der Waals surface area contributed by atoms with Gasteiger partial charge >= 0.3 is 6.03 Å². The lowest BCUT2D eigenvalue weighted by Crippen LogP contribution is -2.54. The summed E-state index contributed by atoms with van der Waals surface area (Å²) in [7, 11) is 0. The third-order valence-electron chi connectivity index (χ3n) is 4.73. The van der Waals surface area contributed by atoms with E-state index in [1.54, 1.807) is 48.5 Å². The monoisotopic (exact) mass is 554 g/mol. The molecule has 0 aromatic heterocycles. The van der Waals surface area contributed by atoms with Crippen LogP contribution in [-0.2, 0) is 16.2 Å². The van der Waals surface area contributed by atoms with E-state index in [0.29, 0.717) is 23.6 Å². The SMILES string of the molecule is O=C1NC(=O)N(c2ccc(Br)cc2)C(=O)/C1=C/c1ccc(OCc2ccccc2Br)cc1. The Balaban J connectivity index is 1.52. The van der Waals surface area contributed by atoms with Gasteiger partial charge in [0.05, 0.1) is 5.69 Å². The van der Waals surface area contributed by atoms with Gasteiger partial charge in [-0.2, -0.15) is 0 Å². The highest BCUT2D eigenvalue weighted by atomic mass is 79.9. The number of amides is 4. The van der Waals surface area contributed by atoms with E-state index in [2.05, 4.69) is 37.2 Å². The molecule has 4 amide bonds. The number of hydrogen-bond acceptors (Lipinski definition) is 4. The standard InChI is InChI=1S/C24H16Br2N2O4/c25-17-7-9-18(10-8-17)28-23(30)20(22(29)27-24(28)31)13-15-5-11-19(12-6-15)32-14-16-3-1-2-4-21(16)26/h1-13H,14H2,(H,27,29,31)/b20-13+. The predicted octanol–water partition coefficient (Wildman–Crippen LogP) is 5.46. The average molecular weight is 556 g/mol. The first-order valence-electron chi connectivity index (χ1n) is 9.55. The Morgan fingerprint density at radius 2 is 1.56 bits per heavy atom. The molecule has 1 N–H and O–H groups in total. The Labute approximate surface area is 201 Å². The molecule has 3 aromatic rings. The molecule has 0 spiro atoms. The molecule has 1 saturated heterocycles. The molecule has 0 bridgehead atoms. The first-order valence-corrected chi connectivity index (χ1v) is 11.1. The number of carbonyl (C=O) groups is 3. The highest BCUT2D eigenvalue weighted by Gasteiger charge is 2.36. The third-order valence-corrected chi connectivity index (χ3v) is 6.03. The molecule has 0 atom stereocenters. The molecule has 8 heteroatoms. The summed E-state index contributed by atoms with van der Waals surface area (Å²) in [5, 5.41) is 2.22. The smallest absolute Gasteiger partial charge is 0.335 e. The minimum atomic E-state index is -0.782. The molecule has 32 heavy (non-hydrogen) atoms. The normalized spacial score (nSPS) is 15.1. The first-order chi connectivity index (χ1) is 15.4. The van der Waals surface area contributed by atoms with Gasteiger partial charge in [-0.25, -0.2) is 9.69 Å². The topological polar surface area (TPSA) is 75.7 Å². The first kappa shape index (κ1) is 22.0. The molecule has 6 nitrogen and oxygen atoms in total. The number of imide groups is 2. The maximum absolute atomic E-state index is 12.9. The zero-order chi connectivity index (χ0) is 22.7. The van der Waals surface area contributed by atoms with Gasteiger partial charge in [-0.3, -0.25) is 14.9 Å². The van der Waals surface area contributed by atoms with E-state index < -0.39 is 17.8 Å². The minimum Gasteiger partial charge on any atom is -0.489 e. The van der Waals surface area contributed by atoms with Crippen molar-refractivity contribution < 1.29 is 19.1 Å². The van der Waals surface area contributed by atoms with Gasteiger partial charge in [0.15, 0.2) is 0 Å². The lowest BCUT2D eigenvalue weighted by Gasteiger charge is -2.26. The van der Waals surface area contributed by atoms with Crippen molar-refractivity contribution in [2.45, 2.75) is 6.61 Å². The van der Waals surface area contributed by atoms with E-state index in [-0.39, 0.29) is 5.57 Å². The fourth-order valence-corrected chi connectivity index (χ4v) is 3.75. The van der Waals surface area contributed by atoms with Crippen molar-refractivity contribution >= 4 is 61.5 Å². The highest BCUT2D eigenvalue weighted by Crippen LogP contribution is 2.25. The predicted molar refractivity (Wildman–Crippen MR) is 128 cm³/mol. The molecular weight excluding hydrogens is 540 g/mol. The van der Waals surface area contributed by atoms with Crippen LogP contribution in [0.4, 0.5) is 10.5 Å². The third kappa shape index (κ3) is 4.81. The van der Waals surface area contributed by atoms with Crippen LogP contribution in [0.3, 0.4) is 0 Å². The van der Waals surface area contributed by atoms with Crippen LogP contribution in [0.25, 0.3) is 6.08 Å². The zero-order valence-electron chi connectivity index (χ0n) is 16.5. The van der Waals surface area contributed by atoms with Crippen LogP contribution in [0, 0.1) is 0 Å². The molecule has 3 aromatic carbocycles. The summed E-state index contributed by atoms with van der Waals surface area (Å²) in [6.45, 7) is 0.396. The van der Waals surface area contributed by atoms with Crippen LogP contribution in [0.5, 0.6) is 5.75 Å². The fraction of sp³-hybridized carbons (Fsp3) is 0.0417. The molecule has 0 radical (unpaired) electrons. The van der Waals surface area contributed by atoms with Gasteiger partial charge in [-0.15, -0.1) is 0 Å². The second-order valence-electron chi connectivity index (χ2n) is 6.88. The fourth-order valence-electron chi connectivity index (χ4n) is 3.09. The van der Waals surface area contributed by atoms with E-state index in [9.17, 15) is 14.4 Å². The van der Waals surface area contributed by atoms with Crippen molar-refractivity contribution in [3.05, 3.63) is 98.4 Å². The van der Waals surface area contributed by atoms with Gasteiger partial charge < -0.3 is 4.74 Å². The number of urea groups is 1. The summed E-state index contributed by atoms with van der Waals surface area (Å²) in [4.78, 5) is 38.5. The number of ether oxygens (including phenoxy) is 1. The number of hydrogen-bond donors (Lipinski definition) is 1. The maximum Gasteiger partial charge on any atom is 0.335 e. The summed E-state index contributed by atoms with van der Waals surface area (Å²) < 4.78 is 7.58. The molecule has 0 unspecified atom stereocenters. The Kier molecular flexibility index (Phi) is 6.53. The van der Waals surface area contributed by atoms with E-state index in [0.717, 1.165) is 19.4 Å². The van der Waals surface area contributed by atoms with E-state index in [1.165, 1.54) is 6.08 Å². The van der Waals surface area contributed by atoms with Gasteiger partial charge in [0.2, 0.25) is 0 Å². The lowest BCUT2D eigenvalue weighted by molar-refractivity contribution is -0.122. The molecule has 1 aliphatic rings. The van der Waals surface area contributed by atoms with Gasteiger partial charge in [-0.05, 0) is 54.1 Å². The van der Waals surface area contributed by atoms with Crippen LogP contribution < -0.4 is 15.0 Å². The quantitative estimate of drug-likeness (QED) is 0.335. The highest BCUT2D eigenvalue weighted by molar-refractivity contribution is 9.10. The molecule has 0 saturated carbocycles. The Bertz CT molecular complexity index is 1220. The Morgan fingerprint density at radius 1 is 0.875 bits per heavy atom. The molecular formula is C24H16Br2N2O4. The van der Waals surface area contributed by atoms with Gasteiger partial charge in [0, 0.05) is 14.5 Å². The van der Waals surface area contributed by atoms with Crippen LogP contribution in [0.15, 0.2) is 87.3 Å². The largest absolute Gasteiger partial charge is 0.489 e. The molecule has 0 aliphatic carbocycles.